The predicted molar refractivity (Wildman–Crippen MR) is 144 cm³/mol. The van der Waals surface area contributed by atoms with Crippen LogP contribution in [0.1, 0.15) is 76.3 Å². The molecular formula is C32H38F2O4. The van der Waals surface area contributed by atoms with Crippen molar-refractivity contribution in [3.63, 3.8) is 0 Å². The number of phenolic OH excluding ortho intramolecular Hbond substituents is 2. The second kappa shape index (κ2) is 10.1. The second-order valence-electron chi connectivity index (χ2n) is 12.2. The Kier molecular flexibility index (Phi) is 7.16. The second-order valence-corrected chi connectivity index (χ2v) is 12.2. The van der Waals surface area contributed by atoms with Crippen molar-refractivity contribution in [1.82, 2.24) is 0 Å². The van der Waals surface area contributed by atoms with Gasteiger partial charge in [-0.3, -0.25) is 0 Å². The first kappa shape index (κ1) is 26.9. The number of fused-ring (bicyclic) bond motifs is 2. The molecule has 4 N–H and O–H groups in total. The van der Waals surface area contributed by atoms with Crippen molar-refractivity contribution in [2.45, 2.75) is 77.4 Å². The van der Waals surface area contributed by atoms with Gasteiger partial charge in [-0.1, -0.05) is 26.0 Å². The van der Waals surface area contributed by atoms with Gasteiger partial charge in [-0.2, -0.15) is 0 Å². The van der Waals surface area contributed by atoms with Gasteiger partial charge in [0.05, 0.1) is 12.2 Å². The third kappa shape index (κ3) is 4.77. The van der Waals surface area contributed by atoms with E-state index in [1.54, 1.807) is 12.1 Å². The van der Waals surface area contributed by atoms with Crippen LogP contribution in [0.5, 0.6) is 11.5 Å². The van der Waals surface area contributed by atoms with Gasteiger partial charge >= 0.3 is 0 Å². The molecule has 0 spiro atoms. The Labute approximate surface area is 223 Å². The lowest BCUT2D eigenvalue weighted by atomic mass is 9.68. The van der Waals surface area contributed by atoms with E-state index in [0.717, 1.165) is 74.6 Å². The van der Waals surface area contributed by atoms with E-state index in [0.29, 0.717) is 23.0 Å². The van der Waals surface area contributed by atoms with Crippen molar-refractivity contribution in [1.29, 1.82) is 0 Å². The summed E-state index contributed by atoms with van der Waals surface area (Å²) in [6, 6.07) is 8.66. The molecule has 2 fully saturated rings. The van der Waals surface area contributed by atoms with Gasteiger partial charge in [0.15, 0.2) is 0 Å². The van der Waals surface area contributed by atoms with E-state index in [4.69, 9.17) is 0 Å². The fraction of sp³-hybridized carbons (Fsp3) is 0.500. The zero-order chi connectivity index (χ0) is 27.2. The molecule has 6 rings (SSSR count). The van der Waals surface area contributed by atoms with Crippen LogP contribution < -0.4 is 0 Å². The van der Waals surface area contributed by atoms with Crippen LogP contribution in [0.3, 0.4) is 0 Å². The summed E-state index contributed by atoms with van der Waals surface area (Å²) in [5, 5.41) is 38.7. The number of phenols is 2. The molecule has 0 amide bonds. The maximum atomic E-state index is 13.9. The number of rotatable bonds is 2. The Morgan fingerprint density at radius 2 is 1.34 bits per heavy atom. The van der Waals surface area contributed by atoms with Crippen molar-refractivity contribution < 1.29 is 29.2 Å². The van der Waals surface area contributed by atoms with Gasteiger partial charge in [0.1, 0.15) is 23.1 Å². The van der Waals surface area contributed by atoms with E-state index < -0.39 is 0 Å². The Bertz CT molecular complexity index is 1270. The molecule has 0 aromatic heterocycles. The van der Waals surface area contributed by atoms with Gasteiger partial charge in [0, 0.05) is 34.1 Å². The molecule has 2 unspecified atom stereocenters. The number of allylic oxidation sites excluding steroid dienone is 4. The summed E-state index contributed by atoms with van der Waals surface area (Å²) in [6.07, 6.45) is 10.7. The van der Waals surface area contributed by atoms with Gasteiger partial charge in [-0.25, -0.2) is 8.78 Å². The van der Waals surface area contributed by atoms with Crippen LogP contribution in [0.15, 0.2) is 48.6 Å². The minimum Gasteiger partial charge on any atom is -0.508 e. The highest BCUT2D eigenvalue weighted by Crippen LogP contribution is 2.54. The molecule has 2 aromatic carbocycles. The van der Waals surface area contributed by atoms with Crippen molar-refractivity contribution in [3.8, 4) is 11.5 Å². The average Bonchev–Trinajstić information content (AvgIpc) is 3.34. The van der Waals surface area contributed by atoms with Gasteiger partial charge < -0.3 is 20.4 Å². The predicted octanol–water partition coefficient (Wildman–Crippen LogP) is 6.97. The third-order valence-electron chi connectivity index (χ3n) is 10.0. The van der Waals surface area contributed by atoms with E-state index in [-0.39, 0.29) is 46.2 Å². The van der Waals surface area contributed by atoms with E-state index in [1.165, 1.54) is 12.1 Å². The Hall–Kier alpha value is -2.70. The van der Waals surface area contributed by atoms with Crippen LogP contribution in [0, 0.1) is 34.3 Å². The summed E-state index contributed by atoms with van der Waals surface area (Å²) in [7, 11) is 0. The lowest BCUT2D eigenvalue weighted by molar-refractivity contribution is 0.0400. The molecule has 0 bridgehead atoms. The summed E-state index contributed by atoms with van der Waals surface area (Å²) in [5.41, 5.74) is 3.10. The molecule has 6 atom stereocenters. The standard InChI is InChI=1S/2C16H19FO2/c2*1-16-7-6-10(8-11(16)2-5-15(16)19)13-4-3-12(18)9-14(13)17/h3-4,8-9,11,15,18-19H,2,5-7H2,1H3;3-4,6,9,11,15,18-19H,2,5,7-8H2,1H3/t2*11?,15-,16-/m00/s1. The largest absolute Gasteiger partial charge is 0.508 e. The quantitative estimate of drug-likeness (QED) is 0.342. The summed E-state index contributed by atoms with van der Waals surface area (Å²) in [6.45, 7) is 4.27. The first-order chi connectivity index (χ1) is 18.0. The van der Waals surface area contributed by atoms with E-state index in [1.807, 2.05) is 0 Å². The SMILES string of the molecule is C[C@]12CC=C(c3ccc(O)cc3F)CC1CC[C@@H]2O.C[C@]12CCC(c3ccc(O)cc3F)=CC1CC[C@@H]2O. The van der Waals surface area contributed by atoms with Gasteiger partial charge in [-0.05, 0) is 98.6 Å². The van der Waals surface area contributed by atoms with Crippen molar-refractivity contribution in [2.75, 3.05) is 0 Å². The highest BCUT2D eigenvalue weighted by atomic mass is 19.1. The molecule has 4 aliphatic carbocycles. The van der Waals surface area contributed by atoms with E-state index >= 15 is 0 Å². The summed E-state index contributed by atoms with van der Waals surface area (Å²) in [4.78, 5) is 0. The zero-order valence-electron chi connectivity index (χ0n) is 22.1. The molecule has 2 saturated carbocycles. The van der Waals surface area contributed by atoms with Crippen LogP contribution in [-0.2, 0) is 0 Å². The highest BCUT2D eigenvalue weighted by Gasteiger charge is 2.47. The number of aromatic hydroxyl groups is 2. The number of benzene rings is 2. The van der Waals surface area contributed by atoms with E-state index in [9.17, 15) is 29.2 Å². The van der Waals surface area contributed by atoms with Gasteiger partial charge in [0.2, 0.25) is 0 Å². The number of aliphatic hydroxyl groups excluding tert-OH is 2. The zero-order valence-corrected chi connectivity index (χ0v) is 22.1. The summed E-state index contributed by atoms with van der Waals surface area (Å²) in [5.74, 6) is -0.0606. The number of hydrogen-bond donors (Lipinski definition) is 4. The molecule has 38 heavy (non-hydrogen) atoms. The first-order valence-corrected chi connectivity index (χ1v) is 13.7. The highest BCUT2D eigenvalue weighted by molar-refractivity contribution is 5.69. The minimum atomic E-state index is -0.367. The normalized spacial score (nSPS) is 33.9. The molecule has 0 saturated heterocycles. The lowest BCUT2D eigenvalue weighted by Gasteiger charge is -2.38. The maximum absolute atomic E-state index is 13.9. The van der Waals surface area contributed by atoms with Crippen LogP contribution in [0.25, 0.3) is 11.1 Å². The molecule has 0 aliphatic heterocycles. The number of halogens is 2. The third-order valence-corrected chi connectivity index (χ3v) is 10.0. The smallest absolute Gasteiger partial charge is 0.134 e. The maximum Gasteiger partial charge on any atom is 0.134 e. The van der Waals surface area contributed by atoms with E-state index in [2.05, 4.69) is 26.0 Å². The average molecular weight is 525 g/mol. The monoisotopic (exact) mass is 524 g/mol. The fourth-order valence-corrected chi connectivity index (χ4v) is 7.19. The Balaban J connectivity index is 0.000000155. The lowest BCUT2D eigenvalue weighted by Crippen LogP contribution is -2.34. The van der Waals surface area contributed by atoms with Crippen molar-refractivity contribution in [2.24, 2.45) is 22.7 Å². The van der Waals surface area contributed by atoms with Crippen LogP contribution in [0.2, 0.25) is 0 Å². The van der Waals surface area contributed by atoms with Gasteiger partial charge in [0.25, 0.3) is 0 Å². The summed E-state index contributed by atoms with van der Waals surface area (Å²) < 4.78 is 27.8. The van der Waals surface area contributed by atoms with Gasteiger partial charge in [-0.15, -0.1) is 0 Å². The number of hydrogen-bond acceptors (Lipinski definition) is 4. The minimum absolute atomic E-state index is 0.0428. The molecule has 0 radical (unpaired) electrons. The Morgan fingerprint density at radius 1 is 0.763 bits per heavy atom. The topological polar surface area (TPSA) is 80.9 Å². The Morgan fingerprint density at radius 3 is 1.97 bits per heavy atom. The molecule has 204 valence electrons. The molecule has 0 heterocycles. The first-order valence-electron chi connectivity index (χ1n) is 13.7. The van der Waals surface area contributed by atoms with Crippen LogP contribution >= 0.6 is 0 Å². The molecule has 4 nitrogen and oxygen atoms in total. The fourth-order valence-electron chi connectivity index (χ4n) is 7.19. The molecule has 6 heteroatoms. The molecule has 2 aromatic rings. The number of aliphatic hydroxyl groups is 2. The van der Waals surface area contributed by atoms with Crippen molar-refractivity contribution in [3.05, 3.63) is 71.3 Å². The summed E-state index contributed by atoms with van der Waals surface area (Å²) >= 11 is 0. The van der Waals surface area contributed by atoms with Crippen molar-refractivity contribution >= 4 is 11.1 Å². The molecular weight excluding hydrogens is 486 g/mol. The van der Waals surface area contributed by atoms with Crippen LogP contribution in [-0.4, -0.2) is 32.6 Å². The molecule has 4 aliphatic rings. The van der Waals surface area contributed by atoms with Crippen LogP contribution in [0.4, 0.5) is 8.78 Å².